The van der Waals surface area contributed by atoms with E-state index in [9.17, 15) is 5.11 Å². The van der Waals surface area contributed by atoms with Gasteiger partial charge < -0.3 is 15.7 Å². The molecule has 5 nitrogen and oxygen atoms in total. The van der Waals surface area contributed by atoms with Crippen molar-refractivity contribution in [3.63, 3.8) is 0 Å². The predicted molar refractivity (Wildman–Crippen MR) is 79.8 cm³/mol. The van der Waals surface area contributed by atoms with Crippen LogP contribution in [0.4, 0.5) is 5.82 Å². The zero-order valence-corrected chi connectivity index (χ0v) is 11.2. The number of amidine groups is 1. The Morgan fingerprint density at radius 3 is 2.55 bits per heavy atom. The molecule has 0 unspecified atom stereocenters. The number of aliphatic hydroxyl groups is 1. The van der Waals surface area contributed by atoms with Gasteiger partial charge in [-0.3, -0.25) is 5.41 Å². The lowest BCUT2D eigenvalue weighted by molar-refractivity contribution is 0.301. The second-order valence-electron chi connectivity index (χ2n) is 4.43. The molecule has 1 heterocycles. The minimum Gasteiger partial charge on any atom is -0.395 e. The lowest BCUT2D eigenvalue weighted by atomic mass is 10.2. The summed E-state index contributed by atoms with van der Waals surface area (Å²) < 4.78 is 0. The van der Waals surface area contributed by atoms with Gasteiger partial charge >= 0.3 is 0 Å². The van der Waals surface area contributed by atoms with E-state index in [1.54, 1.807) is 6.07 Å². The van der Waals surface area contributed by atoms with Gasteiger partial charge in [0.1, 0.15) is 17.3 Å². The summed E-state index contributed by atoms with van der Waals surface area (Å²) in [5.74, 6) is 0.645. The Morgan fingerprint density at radius 1 is 1.15 bits per heavy atom. The number of nitrogens with two attached hydrogens (primary N) is 1. The molecule has 5 heteroatoms. The zero-order valence-electron chi connectivity index (χ0n) is 11.2. The Hall–Kier alpha value is -2.40. The summed E-state index contributed by atoms with van der Waals surface area (Å²) in [5, 5.41) is 16.7. The number of benzene rings is 1. The second-order valence-corrected chi connectivity index (χ2v) is 4.43. The number of rotatable bonds is 6. The highest BCUT2D eigenvalue weighted by atomic mass is 16.3. The maximum absolute atomic E-state index is 9.22. The molecule has 0 aliphatic carbocycles. The van der Waals surface area contributed by atoms with Crippen LogP contribution in [0.25, 0.3) is 0 Å². The van der Waals surface area contributed by atoms with Crippen LogP contribution in [-0.4, -0.2) is 29.1 Å². The molecule has 0 saturated heterocycles. The van der Waals surface area contributed by atoms with Crippen LogP contribution in [0.1, 0.15) is 11.3 Å². The van der Waals surface area contributed by atoms with Crippen molar-refractivity contribution in [2.75, 3.05) is 18.1 Å². The maximum atomic E-state index is 9.22. The Morgan fingerprint density at radius 2 is 1.90 bits per heavy atom. The Kier molecular flexibility index (Phi) is 4.68. The molecular formula is C15H18N4O. The lowest BCUT2D eigenvalue weighted by Gasteiger charge is -2.23. The summed E-state index contributed by atoms with van der Waals surface area (Å²) in [7, 11) is 0. The molecule has 1 aromatic heterocycles. The number of pyridine rings is 1. The largest absolute Gasteiger partial charge is 0.395 e. The van der Waals surface area contributed by atoms with Crippen LogP contribution in [0.2, 0.25) is 0 Å². The van der Waals surface area contributed by atoms with Gasteiger partial charge in [-0.25, -0.2) is 4.98 Å². The number of nitrogens with zero attached hydrogens (tertiary/aromatic N) is 2. The first-order valence-corrected chi connectivity index (χ1v) is 6.42. The van der Waals surface area contributed by atoms with Gasteiger partial charge in [-0.2, -0.15) is 0 Å². The summed E-state index contributed by atoms with van der Waals surface area (Å²) in [6, 6.07) is 15.3. The summed E-state index contributed by atoms with van der Waals surface area (Å²) in [4.78, 5) is 6.31. The van der Waals surface area contributed by atoms with Crippen LogP contribution < -0.4 is 10.6 Å². The predicted octanol–water partition coefficient (Wildman–Crippen LogP) is 1.36. The maximum Gasteiger partial charge on any atom is 0.141 e. The van der Waals surface area contributed by atoms with E-state index in [4.69, 9.17) is 11.1 Å². The quantitative estimate of drug-likeness (QED) is 0.546. The number of nitrogens with one attached hydrogen (secondary N) is 1. The first-order chi connectivity index (χ1) is 9.70. The van der Waals surface area contributed by atoms with E-state index in [0.29, 0.717) is 24.6 Å². The lowest BCUT2D eigenvalue weighted by Crippen LogP contribution is -2.27. The molecule has 0 fully saturated rings. The number of aliphatic hydroxyl groups excluding tert-OH is 1. The molecule has 104 valence electrons. The molecule has 0 radical (unpaired) electrons. The van der Waals surface area contributed by atoms with Crippen LogP contribution in [0, 0.1) is 5.41 Å². The van der Waals surface area contributed by atoms with Crippen LogP contribution in [0.5, 0.6) is 0 Å². The molecule has 4 N–H and O–H groups in total. The molecule has 0 saturated carbocycles. The highest BCUT2D eigenvalue weighted by Gasteiger charge is 2.09. The SMILES string of the molecule is N=C(N)c1cccc(N(CCO)Cc2ccccc2)n1. The van der Waals surface area contributed by atoms with Crippen LogP contribution in [-0.2, 0) is 6.54 Å². The summed E-state index contributed by atoms with van der Waals surface area (Å²) >= 11 is 0. The van der Waals surface area contributed by atoms with Gasteiger partial charge in [0.05, 0.1) is 6.61 Å². The van der Waals surface area contributed by atoms with E-state index in [0.717, 1.165) is 5.56 Å². The molecule has 0 atom stereocenters. The minimum absolute atomic E-state index is 0.0405. The number of hydrogen-bond donors (Lipinski definition) is 3. The minimum atomic E-state index is -0.0597. The van der Waals surface area contributed by atoms with E-state index in [1.807, 2.05) is 47.4 Å². The van der Waals surface area contributed by atoms with Crippen molar-refractivity contribution in [1.29, 1.82) is 5.41 Å². The summed E-state index contributed by atoms with van der Waals surface area (Å²) in [5.41, 5.74) is 7.04. The number of nitrogen functional groups attached to an aromatic ring is 1. The van der Waals surface area contributed by atoms with Crippen molar-refractivity contribution in [2.45, 2.75) is 6.54 Å². The van der Waals surface area contributed by atoms with Crippen LogP contribution in [0.15, 0.2) is 48.5 Å². The van der Waals surface area contributed by atoms with Gasteiger partial charge in [0, 0.05) is 13.1 Å². The molecule has 2 rings (SSSR count). The van der Waals surface area contributed by atoms with Gasteiger partial charge in [0.15, 0.2) is 0 Å². The van der Waals surface area contributed by atoms with Crippen molar-refractivity contribution in [3.8, 4) is 0 Å². The van der Waals surface area contributed by atoms with Gasteiger partial charge in [-0.15, -0.1) is 0 Å². The third kappa shape index (κ3) is 3.55. The van der Waals surface area contributed by atoms with E-state index in [2.05, 4.69) is 4.98 Å². The van der Waals surface area contributed by atoms with Gasteiger partial charge in [0.2, 0.25) is 0 Å². The summed E-state index contributed by atoms with van der Waals surface area (Å²) in [6.45, 7) is 1.16. The summed E-state index contributed by atoms with van der Waals surface area (Å²) in [6.07, 6.45) is 0. The van der Waals surface area contributed by atoms with Crippen molar-refractivity contribution < 1.29 is 5.11 Å². The van der Waals surface area contributed by atoms with E-state index < -0.39 is 0 Å². The number of anilines is 1. The molecule has 0 aliphatic heterocycles. The first kappa shape index (κ1) is 14.0. The Balaban J connectivity index is 2.24. The molecule has 0 aliphatic rings. The van der Waals surface area contributed by atoms with Crippen molar-refractivity contribution in [1.82, 2.24) is 4.98 Å². The fraction of sp³-hybridized carbons (Fsp3) is 0.200. The second kappa shape index (κ2) is 6.68. The highest BCUT2D eigenvalue weighted by Crippen LogP contribution is 2.15. The van der Waals surface area contributed by atoms with Crippen molar-refractivity contribution >= 4 is 11.7 Å². The van der Waals surface area contributed by atoms with Crippen LogP contribution in [0.3, 0.4) is 0 Å². The third-order valence-electron chi connectivity index (χ3n) is 2.92. The molecule has 1 aromatic carbocycles. The molecule has 20 heavy (non-hydrogen) atoms. The standard InChI is InChI=1S/C15H18N4O/c16-15(17)13-7-4-8-14(18-13)19(9-10-20)11-12-5-2-1-3-6-12/h1-8,20H,9-11H2,(H3,16,17). The van der Waals surface area contributed by atoms with Gasteiger partial charge in [-0.05, 0) is 17.7 Å². The topological polar surface area (TPSA) is 86.2 Å². The number of aromatic nitrogens is 1. The highest BCUT2D eigenvalue weighted by molar-refractivity contribution is 5.93. The number of hydrogen-bond acceptors (Lipinski definition) is 4. The average molecular weight is 270 g/mol. The Labute approximate surface area is 118 Å². The van der Waals surface area contributed by atoms with Crippen molar-refractivity contribution in [3.05, 3.63) is 59.8 Å². The van der Waals surface area contributed by atoms with Crippen molar-refractivity contribution in [2.24, 2.45) is 5.73 Å². The smallest absolute Gasteiger partial charge is 0.141 e. The molecule has 0 spiro atoms. The van der Waals surface area contributed by atoms with E-state index >= 15 is 0 Å². The fourth-order valence-corrected chi connectivity index (χ4v) is 1.95. The average Bonchev–Trinajstić information content (AvgIpc) is 2.48. The van der Waals surface area contributed by atoms with Gasteiger partial charge in [0.25, 0.3) is 0 Å². The van der Waals surface area contributed by atoms with Crippen LogP contribution >= 0.6 is 0 Å². The molecular weight excluding hydrogens is 252 g/mol. The van der Waals surface area contributed by atoms with Gasteiger partial charge in [-0.1, -0.05) is 36.4 Å². The fourth-order valence-electron chi connectivity index (χ4n) is 1.95. The molecule has 0 amide bonds. The third-order valence-corrected chi connectivity index (χ3v) is 2.92. The molecule has 0 bridgehead atoms. The van der Waals surface area contributed by atoms with E-state index in [1.165, 1.54) is 0 Å². The van der Waals surface area contributed by atoms with E-state index in [-0.39, 0.29) is 12.4 Å². The molecule has 2 aromatic rings. The first-order valence-electron chi connectivity index (χ1n) is 6.42. The monoisotopic (exact) mass is 270 g/mol. The normalized spacial score (nSPS) is 10.2. The Bertz CT molecular complexity index is 571. The zero-order chi connectivity index (χ0) is 14.4.